The molecule has 0 bridgehead atoms. The number of pyridine rings is 1. The van der Waals surface area contributed by atoms with Crippen LogP contribution in [0.5, 0.6) is 0 Å². The normalized spacial score (nSPS) is 23.5. The summed E-state index contributed by atoms with van der Waals surface area (Å²) in [7, 11) is 0. The number of hydrogen-bond donors (Lipinski definition) is 3. The van der Waals surface area contributed by atoms with E-state index >= 15 is 0 Å². The average molecular weight is 300 g/mol. The highest BCUT2D eigenvalue weighted by atomic mass is 16.3. The van der Waals surface area contributed by atoms with Gasteiger partial charge in [0.25, 0.3) is 5.56 Å². The van der Waals surface area contributed by atoms with Crippen molar-refractivity contribution in [1.29, 1.82) is 0 Å². The molecule has 4 nitrogen and oxygen atoms in total. The fourth-order valence-corrected chi connectivity index (χ4v) is 3.39. The molecule has 0 amide bonds. The van der Waals surface area contributed by atoms with E-state index in [9.17, 15) is 9.90 Å². The van der Waals surface area contributed by atoms with Crippen LogP contribution in [0.3, 0.4) is 0 Å². The first-order valence-electron chi connectivity index (χ1n) is 8.17. The SMILES string of the molecule is CC(NCC1CCC(O)CC1)c1c[nH]c(=O)c2ccccc12. The van der Waals surface area contributed by atoms with E-state index in [2.05, 4.69) is 17.2 Å². The molecule has 1 aliphatic rings. The van der Waals surface area contributed by atoms with Crippen LogP contribution in [0.25, 0.3) is 10.8 Å². The third kappa shape index (κ3) is 3.23. The predicted molar refractivity (Wildman–Crippen MR) is 89.0 cm³/mol. The van der Waals surface area contributed by atoms with Crippen LogP contribution in [-0.2, 0) is 0 Å². The zero-order chi connectivity index (χ0) is 15.5. The molecule has 22 heavy (non-hydrogen) atoms. The number of aromatic amines is 1. The third-order valence-corrected chi connectivity index (χ3v) is 4.84. The topological polar surface area (TPSA) is 65.1 Å². The minimum absolute atomic E-state index is 0.0344. The smallest absolute Gasteiger partial charge is 0.255 e. The summed E-state index contributed by atoms with van der Waals surface area (Å²) in [6.45, 7) is 3.10. The fourth-order valence-electron chi connectivity index (χ4n) is 3.39. The Balaban J connectivity index is 1.71. The highest BCUT2D eigenvalue weighted by Gasteiger charge is 2.20. The minimum atomic E-state index is -0.100. The lowest BCUT2D eigenvalue weighted by atomic mass is 9.87. The Bertz CT molecular complexity index is 687. The average Bonchev–Trinajstić information content (AvgIpc) is 2.55. The number of nitrogens with one attached hydrogen (secondary N) is 2. The lowest BCUT2D eigenvalue weighted by Gasteiger charge is -2.27. The quantitative estimate of drug-likeness (QED) is 0.813. The van der Waals surface area contributed by atoms with Crippen LogP contribution in [0.1, 0.15) is 44.2 Å². The molecule has 1 fully saturated rings. The Morgan fingerprint density at radius 1 is 1.23 bits per heavy atom. The molecule has 1 aromatic heterocycles. The van der Waals surface area contributed by atoms with Gasteiger partial charge in [-0.3, -0.25) is 4.79 Å². The first-order valence-corrected chi connectivity index (χ1v) is 8.17. The van der Waals surface area contributed by atoms with Gasteiger partial charge in [-0.2, -0.15) is 0 Å². The van der Waals surface area contributed by atoms with Gasteiger partial charge in [0.1, 0.15) is 0 Å². The fraction of sp³-hybridized carbons (Fsp3) is 0.500. The van der Waals surface area contributed by atoms with E-state index in [0.717, 1.165) is 48.6 Å². The number of rotatable bonds is 4. The van der Waals surface area contributed by atoms with Gasteiger partial charge >= 0.3 is 0 Å². The molecule has 0 radical (unpaired) electrons. The summed E-state index contributed by atoms with van der Waals surface area (Å²) in [5.41, 5.74) is 1.10. The molecule has 4 heteroatoms. The van der Waals surface area contributed by atoms with E-state index < -0.39 is 0 Å². The molecule has 0 aliphatic heterocycles. The maximum atomic E-state index is 11.9. The van der Waals surface area contributed by atoms with Crippen molar-refractivity contribution in [2.75, 3.05) is 6.54 Å². The van der Waals surface area contributed by atoms with Crippen molar-refractivity contribution in [3.05, 3.63) is 46.4 Å². The van der Waals surface area contributed by atoms with E-state index in [1.807, 2.05) is 30.5 Å². The van der Waals surface area contributed by atoms with E-state index in [1.54, 1.807) is 0 Å². The highest BCUT2D eigenvalue weighted by Crippen LogP contribution is 2.25. The number of fused-ring (bicyclic) bond motifs is 1. The molecular formula is C18H24N2O2. The van der Waals surface area contributed by atoms with E-state index in [4.69, 9.17) is 0 Å². The summed E-state index contributed by atoms with van der Waals surface area (Å²) in [6.07, 6.45) is 5.75. The molecule has 0 saturated heterocycles. The number of hydrogen-bond acceptors (Lipinski definition) is 3. The number of aliphatic hydroxyl groups is 1. The van der Waals surface area contributed by atoms with Crippen LogP contribution in [0.15, 0.2) is 35.3 Å². The van der Waals surface area contributed by atoms with Gasteiger partial charge in [0.2, 0.25) is 0 Å². The van der Waals surface area contributed by atoms with E-state index in [1.165, 1.54) is 0 Å². The Hall–Kier alpha value is -1.65. The molecule has 3 rings (SSSR count). The van der Waals surface area contributed by atoms with Crippen molar-refractivity contribution in [3.8, 4) is 0 Å². The number of aliphatic hydroxyl groups excluding tert-OH is 1. The minimum Gasteiger partial charge on any atom is -0.393 e. The largest absolute Gasteiger partial charge is 0.393 e. The van der Waals surface area contributed by atoms with Gasteiger partial charge in [0, 0.05) is 17.6 Å². The van der Waals surface area contributed by atoms with E-state index in [0.29, 0.717) is 5.92 Å². The number of aromatic nitrogens is 1. The summed E-state index contributed by atoms with van der Waals surface area (Å²) >= 11 is 0. The first kappa shape index (κ1) is 15.3. The lowest BCUT2D eigenvalue weighted by Crippen LogP contribution is -2.30. The van der Waals surface area contributed by atoms with Crippen LogP contribution in [-0.4, -0.2) is 22.7 Å². The van der Waals surface area contributed by atoms with Crippen LogP contribution < -0.4 is 10.9 Å². The Labute approximate surface area is 130 Å². The Kier molecular flexibility index (Phi) is 4.60. The van der Waals surface area contributed by atoms with Gasteiger partial charge in [-0.15, -0.1) is 0 Å². The van der Waals surface area contributed by atoms with Gasteiger partial charge in [0.05, 0.1) is 6.10 Å². The van der Waals surface area contributed by atoms with Gasteiger partial charge in [-0.05, 0) is 62.1 Å². The van der Waals surface area contributed by atoms with Crippen molar-refractivity contribution in [2.24, 2.45) is 5.92 Å². The number of benzene rings is 1. The number of H-pyrrole nitrogens is 1. The van der Waals surface area contributed by atoms with Crippen molar-refractivity contribution < 1.29 is 5.11 Å². The molecule has 1 aliphatic carbocycles. The zero-order valence-corrected chi connectivity index (χ0v) is 13.0. The monoisotopic (exact) mass is 300 g/mol. The maximum Gasteiger partial charge on any atom is 0.255 e. The molecule has 0 spiro atoms. The van der Waals surface area contributed by atoms with Crippen LogP contribution >= 0.6 is 0 Å². The zero-order valence-electron chi connectivity index (χ0n) is 13.0. The van der Waals surface area contributed by atoms with Crippen molar-refractivity contribution in [3.63, 3.8) is 0 Å². The molecule has 1 unspecified atom stereocenters. The molecule has 1 heterocycles. The van der Waals surface area contributed by atoms with E-state index in [-0.39, 0.29) is 17.7 Å². The van der Waals surface area contributed by atoms with Gasteiger partial charge in [0.15, 0.2) is 0 Å². The Morgan fingerprint density at radius 3 is 2.64 bits per heavy atom. The molecule has 118 valence electrons. The standard InChI is InChI=1S/C18H24N2O2/c1-12(19-10-13-6-8-14(21)9-7-13)17-11-20-18(22)16-5-3-2-4-15(16)17/h2-5,11-14,19,21H,6-10H2,1H3,(H,20,22). The summed E-state index contributed by atoms with van der Waals surface area (Å²) in [5.74, 6) is 0.639. The second-order valence-electron chi connectivity index (χ2n) is 6.42. The second kappa shape index (κ2) is 6.63. The highest BCUT2D eigenvalue weighted by molar-refractivity contribution is 5.84. The lowest BCUT2D eigenvalue weighted by molar-refractivity contribution is 0.108. The predicted octanol–water partition coefficient (Wildman–Crippen LogP) is 2.73. The van der Waals surface area contributed by atoms with Gasteiger partial charge in [-0.25, -0.2) is 0 Å². The van der Waals surface area contributed by atoms with Crippen LogP contribution in [0.4, 0.5) is 0 Å². The van der Waals surface area contributed by atoms with Crippen LogP contribution in [0, 0.1) is 5.92 Å². The molecular weight excluding hydrogens is 276 g/mol. The summed E-state index contributed by atoms with van der Waals surface area (Å²) in [4.78, 5) is 14.7. The molecule has 1 aromatic carbocycles. The summed E-state index contributed by atoms with van der Waals surface area (Å²) < 4.78 is 0. The third-order valence-electron chi connectivity index (χ3n) is 4.84. The van der Waals surface area contributed by atoms with Crippen LogP contribution in [0.2, 0.25) is 0 Å². The maximum absolute atomic E-state index is 11.9. The second-order valence-corrected chi connectivity index (χ2v) is 6.42. The molecule has 2 aromatic rings. The summed E-state index contributed by atoms with van der Waals surface area (Å²) in [5, 5.41) is 14.9. The summed E-state index contributed by atoms with van der Waals surface area (Å²) in [6, 6.07) is 7.93. The molecule has 1 atom stereocenters. The van der Waals surface area contributed by atoms with Gasteiger partial charge in [-0.1, -0.05) is 18.2 Å². The van der Waals surface area contributed by atoms with Gasteiger partial charge < -0.3 is 15.4 Å². The van der Waals surface area contributed by atoms with Crippen molar-refractivity contribution >= 4 is 10.8 Å². The van der Waals surface area contributed by atoms with Crippen molar-refractivity contribution in [2.45, 2.75) is 44.8 Å². The molecule has 3 N–H and O–H groups in total. The molecule has 1 saturated carbocycles. The Morgan fingerprint density at radius 2 is 1.91 bits per heavy atom. The van der Waals surface area contributed by atoms with Crippen molar-refractivity contribution in [1.82, 2.24) is 10.3 Å². The first-order chi connectivity index (χ1) is 10.6.